The summed E-state index contributed by atoms with van der Waals surface area (Å²) < 4.78 is 6.06. The van der Waals surface area contributed by atoms with Gasteiger partial charge in [-0.25, -0.2) is 14.3 Å². The van der Waals surface area contributed by atoms with Crippen LogP contribution in [0.2, 0.25) is 0 Å². The van der Waals surface area contributed by atoms with Crippen LogP contribution in [0.15, 0.2) is 17.6 Å². The second-order valence-electron chi connectivity index (χ2n) is 4.82. The molecule has 3 N–H and O–H groups in total. The predicted octanol–water partition coefficient (Wildman–Crippen LogP) is -2.28. The van der Waals surface area contributed by atoms with Gasteiger partial charge >= 0.3 is 11.9 Å². The lowest BCUT2D eigenvalue weighted by molar-refractivity contribution is -0.142. The van der Waals surface area contributed by atoms with Crippen molar-refractivity contribution in [3.63, 3.8) is 0 Å². The van der Waals surface area contributed by atoms with E-state index in [4.69, 9.17) is 4.74 Å². The molecule has 0 saturated heterocycles. The van der Waals surface area contributed by atoms with Gasteiger partial charge < -0.3 is 20.5 Å². The van der Waals surface area contributed by atoms with E-state index >= 15 is 0 Å². The molecule has 23 heavy (non-hydrogen) atoms. The van der Waals surface area contributed by atoms with Crippen LogP contribution >= 0.6 is 11.8 Å². The van der Waals surface area contributed by atoms with Crippen LogP contribution < -0.4 is 10.6 Å². The summed E-state index contributed by atoms with van der Waals surface area (Å²) in [5.74, 6) is -1.81. The summed E-state index contributed by atoms with van der Waals surface area (Å²) in [5, 5.41) is 24.2. The highest BCUT2D eigenvalue weighted by Gasteiger charge is 2.38. The molecule has 12 heteroatoms. The first-order valence-electron chi connectivity index (χ1n) is 6.55. The van der Waals surface area contributed by atoms with E-state index in [2.05, 4.69) is 26.2 Å². The highest BCUT2D eigenvalue weighted by atomic mass is 32.2. The van der Waals surface area contributed by atoms with Gasteiger partial charge in [-0.1, -0.05) is 0 Å². The molecule has 0 bridgehead atoms. The number of hydrogen-bond donors (Lipinski definition) is 3. The number of rotatable bonds is 5. The Bertz CT molecular complexity index is 674. The van der Waals surface area contributed by atoms with Crippen LogP contribution in [0.5, 0.6) is 0 Å². The van der Waals surface area contributed by atoms with Crippen molar-refractivity contribution in [1.29, 1.82) is 0 Å². The lowest BCUT2D eigenvalue weighted by atomic mass is 10.2. The van der Waals surface area contributed by atoms with Crippen LogP contribution in [-0.2, 0) is 25.7 Å². The molecule has 2 aliphatic heterocycles. The summed E-state index contributed by atoms with van der Waals surface area (Å²) >= 11 is 1.28. The quantitative estimate of drug-likeness (QED) is 0.500. The monoisotopic (exact) mass is 340 g/mol. The standard InChI is InChI=1S/C11H12N6O5S/c18-6(1-17-4-12-15-16-17)13-8(10(19)20)9-14-7-5(3-23-9)2-22-11(7)21/h4,8-9,14H,1-3H2,(H,13,18)(H,19,20)/t8-,9+/m1/s1. The van der Waals surface area contributed by atoms with E-state index in [1.807, 2.05) is 0 Å². The highest BCUT2D eigenvalue weighted by Crippen LogP contribution is 2.28. The molecule has 2 aliphatic rings. The third-order valence-corrected chi connectivity index (χ3v) is 4.51. The van der Waals surface area contributed by atoms with Gasteiger partial charge in [-0.15, -0.1) is 16.9 Å². The van der Waals surface area contributed by atoms with Gasteiger partial charge in [0.15, 0.2) is 6.04 Å². The van der Waals surface area contributed by atoms with Crippen LogP contribution in [0.1, 0.15) is 0 Å². The van der Waals surface area contributed by atoms with E-state index in [1.54, 1.807) is 0 Å². The second-order valence-corrected chi connectivity index (χ2v) is 5.95. The minimum atomic E-state index is -1.22. The molecule has 11 nitrogen and oxygen atoms in total. The van der Waals surface area contributed by atoms with Crippen LogP contribution in [0.4, 0.5) is 0 Å². The van der Waals surface area contributed by atoms with Gasteiger partial charge in [0.25, 0.3) is 0 Å². The minimum Gasteiger partial charge on any atom is -0.480 e. The first kappa shape index (κ1) is 15.3. The molecule has 3 rings (SSSR count). The summed E-state index contributed by atoms with van der Waals surface area (Å²) in [6.07, 6.45) is 1.24. The number of carboxylic acids is 1. The number of carboxylic acid groups (broad SMARTS) is 1. The van der Waals surface area contributed by atoms with Crippen molar-refractivity contribution in [2.24, 2.45) is 0 Å². The lowest BCUT2D eigenvalue weighted by Gasteiger charge is -2.29. The number of amides is 1. The van der Waals surface area contributed by atoms with Gasteiger partial charge in [0, 0.05) is 11.3 Å². The average molecular weight is 340 g/mol. The summed E-state index contributed by atoms with van der Waals surface area (Å²) in [6.45, 7) is 0.00837. The number of carbonyl (C=O) groups is 3. The van der Waals surface area contributed by atoms with E-state index in [0.29, 0.717) is 5.75 Å². The van der Waals surface area contributed by atoms with Gasteiger partial charge in [0.1, 0.15) is 30.5 Å². The average Bonchev–Trinajstić information content (AvgIpc) is 3.15. The number of tetrazole rings is 1. The minimum absolute atomic E-state index is 0.204. The second kappa shape index (κ2) is 6.24. The van der Waals surface area contributed by atoms with E-state index in [0.717, 1.165) is 5.57 Å². The Morgan fingerprint density at radius 3 is 3.13 bits per heavy atom. The third-order valence-electron chi connectivity index (χ3n) is 3.24. The van der Waals surface area contributed by atoms with Crippen LogP contribution in [0, 0.1) is 0 Å². The summed E-state index contributed by atoms with van der Waals surface area (Å²) in [6, 6.07) is -1.22. The predicted molar refractivity (Wildman–Crippen MR) is 74.8 cm³/mol. The number of esters is 1. The van der Waals surface area contributed by atoms with E-state index in [1.165, 1.54) is 22.8 Å². The Kier molecular flexibility index (Phi) is 4.14. The molecule has 0 unspecified atom stereocenters. The number of nitrogens with one attached hydrogen (secondary N) is 2. The number of aromatic nitrogens is 4. The van der Waals surface area contributed by atoms with Crippen molar-refractivity contribution in [2.75, 3.05) is 12.4 Å². The molecule has 1 amide bonds. The van der Waals surface area contributed by atoms with Gasteiger partial charge in [-0.05, 0) is 10.4 Å². The smallest absolute Gasteiger partial charge is 0.354 e. The molecule has 0 aliphatic carbocycles. The number of hydrogen-bond acceptors (Lipinski definition) is 9. The fraction of sp³-hybridized carbons (Fsp3) is 0.455. The maximum atomic E-state index is 11.9. The number of aliphatic carboxylic acids is 1. The van der Waals surface area contributed by atoms with Crippen molar-refractivity contribution in [1.82, 2.24) is 30.8 Å². The maximum absolute atomic E-state index is 11.9. The molecule has 0 saturated carbocycles. The van der Waals surface area contributed by atoms with Crippen LogP contribution in [-0.4, -0.2) is 66.9 Å². The number of carbonyl (C=O) groups excluding carboxylic acids is 2. The molecule has 1 aromatic rings. The zero-order valence-electron chi connectivity index (χ0n) is 11.6. The summed E-state index contributed by atoms with van der Waals surface area (Å²) in [5.41, 5.74) is 1.08. The molecule has 122 valence electrons. The van der Waals surface area contributed by atoms with Crippen molar-refractivity contribution in [3.8, 4) is 0 Å². The summed E-state index contributed by atoms with van der Waals surface area (Å²) in [7, 11) is 0. The molecule has 1 aromatic heterocycles. The number of ether oxygens (including phenoxy) is 1. The van der Waals surface area contributed by atoms with Crippen LogP contribution in [0.3, 0.4) is 0 Å². The molecule has 0 spiro atoms. The van der Waals surface area contributed by atoms with E-state index in [9.17, 15) is 19.5 Å². The topological polar surface area (TPSA) is 148 Å². The Labute approximate surface area is 133 Å². The van der Waals surface area contributed by atoms with E-state index in [-0.39, 0.29) is 18.8 Å². The van der Waals surface area contributed by atoms with Crippen LogP contribution in [0.25, 0.3) is 0 Å². The normalized spacial score (nSPS) is 21.2. The molecule has 0 fully saturated rings. The van der Waals surface area contributed by atoms with Gasteiger partial charge in [-0.3, -0.25) is 4.79 Å². The Balaban J connectivity index is 1.66. The van der Waals surface area contributed by atoms with Gasteiger partial charge in [0.05, 0.1) is 0 Å². The maximum Gasteiger partial charge on any atom is 0.354 e. The number of cyclic esters (lactones) is 1. The molecule has 0 radical (unpaired) electrons. The zero-order chi connectivity index (χ0) is 16.4. The van der Waals surface area contributed by atoms with Gasteiger partial charge in [-0.2, -0.15) is 0 Å². The fourth-order valence-electron chi connectivity index (χ4n) is 2.16. The van der Waals surface area contributed by atoms with Crippen molar-refractivity contribution in [3.05, 3.63) is 17.6 Å². The third kappa shape index (κ3) is 3.26. The van der Waals surface area contributed by atoms with Crippen molar-refractivity contribution in [2.45, 2.75) is 18.0 Å². The molecule has 0 aromatic carbocycles. The zero-order valence-corrected chi connectivity index (χ0v) is 12.4. The molecular formula is C11H12N6O5S. The first-order valence-corrected chi connectivity index (χ1v) is 7.59. The number of thioether (sulfide) groups is 1. The van der Waals surface area contributed by atoms with Gasteiger partial charge in [0.2, 0.25) is 5.91 Å². The molecular weight excluding hydrogens is 328 g/mol. The lowest BCUT2D eigenvalue weighted by Crippen LogP contribution is -2.54. The molecule has 2 atom stereocenters. The Morgan fingerprint density at radius 2 is 2.43 bits per heavy atom. The largest absolute Gasteiger partial charge is 0.480 e. The number of nitrogens with zero attached hydrogens (tertiary/aromatic N) is 4. The SMILES string of the molecule is O=C(Cn1cnnn1)N[C@@H](C(=O)O)[C@H]1NC2=C(COC2=O)CS1. The van der Waals surface area contributed by atoms with Crippen molar-refractivity contribution < 1.29 is 24.2 Å². The molecule has 3 heterocycles. The Morgan fingerprint density at radius 1 is 1.61 bits per heavy atom. The highest BCUT2D eigenvalue weighted by molar-refractivity contribution is 8.00. The summed E-state index contributed by atoms with van der Waals surface area (Å²) in [4.78, 5) is 35.0. The fourth-order valence-corrected chi connectivity index (χ4v) is 3.34. The van der Waals surface area contributed by atoms with E-state index < -0.39 is 29.3 Å². The first-order chi connectivity index (χ1) is 11.0. The van der Waals surface area contributed by atoms with Crippen molar-refractivity contribution >= 4 is 29.6 Å². The Hall–Kier alpha value is -2.63.